The first-order valence-corrected chi connectivity index (χ1v) is 10.5. The van der Waals surface area contributed by atoms with Gasteiger partial charge >= 0.3 is 0 Å². The zero-order valence-electron chi connectivity index (χ0n) is 16.4. The molecule has 2 atom stereocenters. The quantitative estimate of drug-likeness (QED) is 0.465. The summed E-state index contributed by atoms with van der Waals surface area (Å²) < 4.78 is 11.0. The third-order valence-electron chi connectivity index (χ3n) is 4.61. The van der Waals surface area contributed by atoms with Crippen LogP contribution in [-0.4, -0.2) is 48.1 Å². The first-order chi connectivity index (χ1) is 13.7. The molecule has 0 heterocycles. The standard InChI is InChI=1S/C21H26Cl3NO4/c1-21(2,13-3-5-17(6-4-13)28-12-16(27)10-25)14-7-18(23)20(19(24)8-14)29-11-15(26)9-22/h3-8,15-16,26-27H,9-12,25H2,1-2H3/t15-,16-/m0/s1. The molecule has 0 amide bonds. The van der Waals surface area contributed by atoms with Crippen LogP contribution in [0.5, 0.6) is 11.5 Å². The fraction of sp³-hybridized carbons (Fsp3) is 0.429. The lowest BCUT2D eigenvalue weighted by molar-refractivity contribution is 0.114. The number of alkyl halides is 1. The van der Waals surface area contributed by atoms with Crippen LogP contribution in [0, 0.1) is 0 Å². The Hall–Kier alpha value is -1.21. The molecule has 0 unspecified atom stereocenters. The minimum Gasteiger partial charge on any atom is -0.491 e. The number of aliphatic hydroxyl groups is 2. The van der Waals surface area contributed by atoms with Gasteiger partial charge in [-0.2, -0.15) is 0 Å². The summed E-state index contributed by atoms with van der Waals surface area (Å²) in [7, 11) is 0. The minimum absolute atomic E-state index is 0.00595. The van der Waals surface area contributed by atoms with Gasteiger partial charge in [0.05, 0.1) is 15.9 Å². The lowest BCUT2D eigenvalue weighted by atomic mass is 9.78. The fourth-order valence-corrected chi connectivity index (χ4v) is 3.36. The number of hydrogen-bond acceptors (Lipinski definition) is 5. The third-order valence-corrected chi connectivity index (χ3v) is 5.53. The highest BCUT2D eigenvalue weighted by Gasteiger charge is 2.26. The van der Waals surface area contributed by atoms with Crippen molar-refractivity contribution < 1.29 is 19.7 Å². The minimum atomic E-state index is -0.799. The van der Waals surface area contributed by atoms with E-state index in [1.807, 2.05) is 24.3 Å². The van der Waals surface area contributed by atoms with Crippen molar-refractivity contribution in [2.75, 3.05) is 25.6 Å². The van der Waals surface area contributed by atoms with Gasteiger partial charge < -0.3 is 25.4 Å². The summed E-state index contributed by atoms with van der Waals surface area (Å²) in [5.74, 6) is 1.03. The van der Waals surface area contributed by atoms with Crippen molar-refractivity contribution in [3.05, 3.63) is 57.6 Å². The van der Waals surface area contributed by atoms with Gasteiger partial charge in [0.15, 0.2) is 5.75 Å². The monoisotopic (exact) mass is 461 g/mol. The molecule has 0 aliphatic carbocycles. The number of benzene rings is 2. The molecular formula is C21H26Cl3NO4. The van der Waals surface area contributed by atoms with E-state index in [2.05, 4.69) is 13.8 Å². The molecule has 0 saturated carbocycles. The fourth-order valence-electron chi connectivity index (χ4n) is 2.68. The van der Waals surface area contributed by atoms with Gasteiger partial charge in [-0.25, -0.2) is 0 Å². The maximum Gasteiger partial charge on any atom is 0.156 e. The Bertz CT molecular complexity index is 776. The van der Waals surface area contributed by atoms with Crippen molar-refractivity contribution in [3.63, 3.8) is 0 Å². The first-order valence-electron chi connectivity index (χ1n) is 9.16. The van der Waals surface area contributed by atoms with Crippen LogP contribution in [0.4, 0.5) is 0 Å². The van der Waals surface area contributed by atoms with Crippen LogP contribution in [0.15, 0.2) is 36.4 Å². The SMILES string of the molecule is CC(C)(c1ccc(OC[C@@H](O)CN)cc1)c1cc(Cl)c(OC[C@@H](O)CCl)c(Cl)c1. The second-order valence-corrected chi connectivity index (χ2v) is 8.36. The molecule has 0 bridgehead atoms. The number of rotatable bonds is 10. The summed E-state index contributed by atoms with van der Waals surface area (Å²) >= 11 is 18.4. The van der Waals surface area contributed by atoms with Crippen LogP contribution >= 0.6 is 34.8 Å². The molecule has 2 rings (SSSR count). The van der Waals surface area contributed by atoms with Crippen molar-refractivity contribution in [1.82, 2.24) is 0 Å². The van der Waals surface area contributed by atoms with E-state index in [1.165, 1.54) is 0 Å². The first kappa shape index (κ1) is 24.1. The molecule has 160 valence electrons. The molecule has 29 heavy (non-hydrogen) atoms. The summed E-state index contributed by atoms with van der Waals surface area (Å²) in [6, 6.07) is 11.2. The van der Waals surface area contributed by atoms with E-state index in [1.54, 1.807) is 12.1 Å². The molecule has 0 fully saturated rings. The summed E-state index contributed by atoms with van der Waals surface area (Å²) in [5, 5.41) is 19.8. The van der Waals surface area contributed by atoms with Crippen LogP contribution in [0.25, 0.3) is 0 Å². The number of aliphatic hydroxyl groups excluding tert-OH is 2. The predicted molar refractivity (Wildman–Crippen MR) is 118 cm³/mol. The highest BCUT2D eigenvalue weighted by Crippen LogP contribution is 2.40. The molecule has 0 aliphatic rings. The molecule has 2 aromatic rings. The van der Waals surface area contributed by atoms with E-state index in [-0.39, 0.29) is 25.6 Å². The second kappa shape index (κ2) is 10.7. The second-order valence-electron chi connectivity index (χ2n) is 7.24. The van der Waals surface area contributed by atoms with Crippen molar-refractivity contribution in [1.29, 1.82) is 0 Å². The van der Waals surface area contributed by atoms with Gasteiger partial charge in [-0.3, -0.25) is 0 Å². The number of hydrogen-bond donors (Lipinski definition) is 3. The molecule has 4 N–H and O–H groups in total. The van der Waals surface area contributed by atoms with Gasteiger partial charge in [0.25, 0.3) is 0 Å². The van der Waals surface area contributed by atoms with Gasteiger partial charge in [-0.05, 0) is 35.4 Å². The van der Waals surface area contributed by atoms with Crippen LogP contribution < -0.4 is 15.2 Å². The summed E-state index contributed by atoms with van der Waals surface area (Å²) in [5.41, 5.74) is 6.92. The number of nitrogens with two attached hydrogens (primary N) is 1. The molecule has 0 saturated heterocycles. The van der Waals surface area contributed by atoms with Gasteiger partial charge in [0.1, 0.15) is 31.2 Å². The zero-order valence-corrected chi connectivity index (χ0v) is 18.6. The summed E-state index contributed by atoms with van der Waals surface area (Å²) in [6.07, 6.45) is -1.49. The molecule has 0 spiro atoms. The number of ether oxygens (including phenoxy) is 2. The highest BCUT2D eigenvalue weighted by atomic mass is 35.5. The topological polar surface area (TPSA) is 84.9 Å². The van der Waals surface area contributed by atoms with Gasteiger partial charge in [-0.1, -0.05) is 49.2 Å². The predicted octanol–water partition coefficient (Wildman–Crippen LogP) is 4.00. The van der Waals surface area contributed by atoms with E-state index in [0.29, 0.717) is 21.5 Å². The molecule has 8 heteroatoms. The van der Waals surface area contributed by atoms with E-state index < -0.39 is 17.6 Å². The maximum atomic E-state index is 9.57. The lowest BCUT2D eigenvalue weighted by Gasteiger charge is -2.27. The molecule has 2 aromatic carbocycles. The molecule has 5 nitrogen and oxygen atoms in total. The molecule has 0 aliphatic heterocycles. The lowest BCUT2D eigenvalue weighted by Crippen LogP contribution is -2.26. The van der Waals surface area contributed by atoms with E-state index in [4.69, 9.17) is 50.0 Å². The van der Waals surface area contributed by atoms with Crippen LogP contribution in [0.3, 0.4) is 0 Å². The Morgan fingerprint density at radius 2 is 1.48 bits per heavy atom. The third kappa shape index (κ3) is 6.38. The molecule has 0 radical (unpaired) electrons. The Kier molecular flexibility index (Phi) is 8.89. The summed E-state index contributed by atoms with van der Waals surface area (Å²) in [4.78, 5) is 0. The average Bonchev–Trinajstić information content (AvgIpc) is 2.71. The van der Waals surface area contributed by atoms with Gasteiger partial charge in [-0.15, -0.1) is 11.6 Å². The van der Waals surface area contributed by atoms with E-state index >= 15 is 0 Å². The van der Waals surface area contributed by atoms with Crippen molar-refractivity contribution >= 4 is 34.8 Å². The summed E-state index contributed by atoms with van der Waals surface area (Å²) in [6.45, 7) is 4.41. The van der Waals surface area contributed by atoms with E-state index in [0.717, 1.165) is 11.1 Å². The smallest absolute Gasteiger partial charge is 0.156 e. The van der Waals surface area contributed by atoms with Crippen molar-refractivity contribution in [2.45, 2.75) is 31.5 Å². The highest BCUT2D eigenvalue weighted by molar-refractivity contribution is 6.37. The van der Waals surface area contributed by atoms with Gasteiger partial charge in [0.2, 0.25) is 0 Å². The van der Waals surface area contributed by atoms with Gasteiger partial charge in [0, 0.05) is 12.0 Å². The Labute approximate surface area is 186 Å². The Balaban J connectivity index is 2.19. The van der Waals surface area contributed by atoms with Crippen LogP contribution in [0.1, 0.15) is 25.0 Å². The van der Waals surface area contributed by atoms with Crippen LogP contribution in [-0.2, 0) is 5.41 Å². The van der Waals surface area contributed by atoms with E-state index in [9.17, 15) is 10.2 Å². The maximum absolute atomic E-state index is 9.57. The molecule has 0 aromatic heterocycles. The Morgan fingerprint density at radius 1 is 0.931 bits per heavy atom. The van der Waals surface area contributed by atoms with Crippen LogP contribution in [0.2, 0.25) is 10.0 Å². The largest absolute Gasteiger partial charge is 0.491 e. The average molecular weight is 463 g/mol. The Morgan fingerprint density at radius 3 is 2.00 bits per heavy atom. The van der Waals surface area contributed by atoms with Crippen molar-refractivity contribution in [2.24, 2.45) is 5.73 Å². The molecular weight excluding hydrogens is 437 g/mol. The van der Waals surface area contributed by atoms with Crippen molar-refractivity contribution in [3.8, 4) is 11.5 Å². The number of halogens is 3. The zero-order chi connectivity index (χ0) is 21.6. The normalized spacial score (nSPS) is 13.8.